The highest BCUT2D eigenvalue weighted by Gasteiger charge is 2.60. The molecular formula is C27H30Br6O6. The van der Waals surface area contributed by atoms with Crippen molar-refractivity contribution in [3.05, 3.63) is 59.7 Å². The van der Waals surface area contributed by atoms with Crippen molar-refractivity contribution in [3.63, 3.8) is 0 Å². The molecule has 0 N–H and O–H groups in total. The molecule has 0 radical (unpaired) electrons. The lowest BCUT2D eigenvalue weighted by Crippen LogP contribution is -2.50. The third-order valence-electron chi connectivity index (χ3n) is 6.31. The summed E-state index contributed by atoms with van der Waals surface area (Å²) in [4.78, 5) is 24.6. The van der Waals surface area contributed by atoms with E-state index in [1.807, 2.05) is 36.4 Å². The summed E-state index contributed by atoms with van der Waals surface area (Å²) in [5.41, 5.74) is -0.662. The predicted octanol–water partition coefficient (Wildman–Crippen LogP) is 9.93. The Balaban J connectivity index is 2.30. The number of carbonyl (C=O) groups is 2. The van der Waals surface area contributed by atoms with Crippen LogP contribution in [0.5, 0.6) is 11.5 Å². The molecule has 0 spiro atoms. The van der Waals surface area contributed by atoms with E-state index in [1.165, 1.54) is 7.11 Å². The largest absolute Gasteiger partial charge is 0.514 e. The van der Waals surface area contributed by atoms with Crippen LogP contribution in [0.3, 0.4) is 0 Å². The summed E-state index contributed by atoms with van der Waals surface area (Å²) >= 11 is 22.6. The van der Waals surface area contributed by atoms with Gasteiger partial charge in [0.1, 0.15) is 17.1 Å². The van der Waals surface area contributed by atoms with E-state index in [0.717, 1.165) is 16.9 Å². The zero-order chi connectivity index (χ0) is 29.9. The van der Waals surface area contributed by atoms with E-state index in [9.17, 15) is 9.59 Å². The number of hydrogen-bond donors (Lipinski definition) is 0. The third-order valence-corrected chi connectivity index (χ3v) is 9.88. The molecule has 0 aliphatic heterocycles. The van der Waals surface area contributed by atoms with Crippen LogP contribution in [-0.4, -0.2) is 36.2 Å². The second-order valence-corrected chi connectivity index (χ2v) is 23.6. The number of methoxy groups -OCH3 is 2. The molecule has 2 aromatic carbocycles. The van der Waals surface area contributed by atoms with Crippen molar-refractivity contribution in [3.8, 4) is 11.5 Å². The van der Waals surface area contributed by atoms with Crippen LogP contribution < -0.4 is 9.47 Å². The minimum atomic E-state index is -0.861. The van der Waals surface area contributed by atoms with Crippen LogP contribution in [0.1, 0.15) is 51.7 Å². The van der Waals surface area contributed by atoms with Gasteiger partial charge in [0.25, 0.3) is 0 Å². The molecule has 6 nitrogen and oxygen atoms in total. The maximum absolute atomic E-state index is 12.6. The van der Waals surface area contributed by atoms with Crippen LogP contribution in [0, 0.1) is 5.41 Å². The van der Waals surface area contributed by atoms with Gasteiger partial charge in [0.2, 0.25) is 0 Å². The number of esters is 1. The number of hydrogen-bond acceptors (Lipinski definition) is 6. The summed E-state index contributed by atoms with van der Waals surface area (Å²) < 4.78 is 19.6. The van der Waals surface area contributed by atoms with Crippen molar-refractivity contribution in [2.45, 2.75) is 55.8 Å². The van der Waals surface area contributed by atoms with E-state index < -0.39 is 26.9 Å². The van der Waals surface area contributed by atoms with Crippen LogP contribution >= 0.6 is 95.6 Å². The van der Waals surface area contributed by atoms with Gasteiger partial charge in [-0.15, -0.1) is 0 Å². The highest BCUT2D eigenvalue weighted by molar-refractivity contribution is 9.40. The molecule has 12 heteroatoms. The monoisotopic (exact) mass is 924 g/mol. The number of carbonyl (C=O) groups excluding carboxylic acids is 2. The SMILES string of the molecule is COC(=O)C(C)(C)CCC(C)(C)OC(=O)Oc1ccc(C(c2ccc(OC)cc2)(C(Br)(Br)Br)C(Br)(Br)Br)cc1. The number of benzene rings is 2. The molecule has 0 saturated heterocycles. The van der Waals surface area contributed by atoms with Gasteiger partial charge in [-0.1, -0.05) is 120 Å². The fraction of sp³-hybridized carbons (Fsp3) is 0.481. The van der Waals surface area contributed by atoms with Crippen molar-refractivity contribution in [2.75, 3.05) is 14.2 Å². The summed E-state index contributed by atoms with van der Waals surface area (Å²) in [7, 11) is 2.97. The Morgan fingerprint density at radius 3 is 1.51 bits per heavy atom. The Morgan fingerprint density at radius 1 is 0.692 bits per heavy atom. The molecule has 0 amide bonds. The number of ether oxygens (including phenoxy) is 4. The van der Waals surface area contributed by atoms with Crippen molar-refractivity contribution in [2.24, 2.45) is 5.41 Å². The zero-order valence-corrected chi connectivity index (χ0v) is 31.8. The van der Waals surface area contributed by atoms with E-state index in [-0.39, 0.29) is 5.97 Å². The minimum Gasteiger partial charge on any atom is -0.497 e. The molecule has 0 heterocycles. The predicted molar refractivity (Wildman–Crippen MR) is 175 cm³/mol. The summed E-state index contributed by atoms with van der Waals surface area (Å²) in [6.07, 6.45) is 0.0843. The van der Waals surface area contributed by atoms with Crippen LogP contribution in [-0.2, 0) is 19.7 Å². The molecule has 2 rings (SSSR count). The van der Waals surface area contributed by atoms with E-state index in [1.54, 1.807) is 46.9 Å². The Kier molecular flexibility index (Phi) is 12.1. The summed E-state index contributed by atoms with van der Waals surface area (Å²) in [5.74, 6) is 0.720. The lowest BCUT2D eigenvalue weighted by atomic mass is 9.77. The molecule has 0 aliphatic carbocycles. The lowest BCUT2D eigenvalue weighted by molar-refractivity contribution is -0.151. The smallest absolute Gasteiger partial charge is 0.497 e. The van der Waals surface area contributed by atoms with Gasteiger partial charge < -0.3 is 18.9 Å². The second kappa shape index (κ2) is 13.4. The van der Waals surface area contributed by atoms with E-state index in [4.69, 9.17) is 18.9 Å². The van der Waals surface area contributed by atoms with Crippen molar-refractivity contribution in [1.29, 1.82) is 0 Å². The molecule has 0 aliphatic rings. The average molecular weight is 930 g/mol. The molecular weight excluding hydrogens is 900 g/mol. The first-order chi connectivity index (χ1) is 17.8. The van der Waals surface area contributed by atoms with Gasteiger partial charge in [-0.05, 0) is 75.9 Å². The first-order valence-corrected chi connectivity index (χ1v) is 16.4. The fourth-order valence-corrected chi connectivity index (χ4v) is 10.9. The van der Waals surface area contributed by atoms with Crippen LogP contribution in [0.2, 0.25) is 0 Å². The van der Waals surface area contributed by atoms with Gasteiger partial charge in [0, 0.05) is 0 Å². The van der Waals surface area contributed by atoms with Gasteiger partial charge in [-0.25, -0.2) is 4.79 Å². The molecule has 0 aromatic heterocycles. The summed E-state index contributed by atoms with van der Waals surface area (Å²) in [6, 6.07) is 14.8. The highest BCUT2D eigenvalue weighted by atomic mass is 80.0. The molecule has 39 heavy (non-hydrogen) atoms. The Morgan fingerprint density at radius 2 is 1.13 bits per heavy atom. The van der Waals surface area contributed by atoms with Gasteiger partial charge in [-0.3, -0.25) is 4.79 Å². The molecule has 216 valence electrons. The first-order valence-electron chi connectivity index (χ1n) is 11.7. The van der Waals surface area contributed by atoms with Crippen LogP contribution in [0.25, 0.3) is 0 Å². The number of halogens is 6. The molecule has 0 atom stereocenters. The highest BCUT2D eigenvalue weighted by Crippen LogP contribution is 2.66. The quantitative estimate of drug-likeness (QED) is 0.142. The summed E-state index contributed by atoms with van der Waals surface area (Å²) in [6.45, 7) is 7.14. The molecule has 0 bridgehead atoms. The number of alkyl halides is 6. The van der Waals surface area contributed by atoms with Crippen LogP contribution in [0.15, 0.2) is 48.5 Å². The fourth-order valence-electron chi connectivity index (χ4n) is 3.98. The van der Waals surface area contributed by atoms with Crippen LogP contribution in [0.4, 0.5) is 4.79 Å². The van der Waals surface area contributed by atoms with E-state index in [2.05, 4.69) is 95.6 Å². The average Bonchev–Trinajstić information content (AvgIpc) is 2.82. The Hall–Kier alpha value is -0.140. The summed E-state index contributed by atoms with van der Waals surface area (Å²) in [5, 5.41) is 0. The number of rotatable bonds is 9. The molecule has 2 aromatic rings. The van der Waals surface area contributed by atoms with E-state index in [0.29, 0.717) is 18.6 Å². The Bertz CT molecular complexity index is 1120. The van der Waals surface area contributed by atoms with Gasteiger partial charge in [-0.2, -0.15) is 0 Å². The molecule has 0 saturated carbocycles. The standard InChI is InChI=1S/C27H30Br6O6/c1-23(2,21(34)37-6)15-16-24(3,4)39-22(35)38-20-13-9-18(10-14-20)25(26(28,29)30,27(31,32)33)17-7-11-19(36-5)12-8-17/h7-14H,15-16H2,1-6H3. The lowest BCUT2D eigenvalue weighted by Gasteiger charge is -2.47. The topological polar surface area (TPSA) is 71.1 Å². The molecule has 0 fully saturated rings. The maximum atomic E-state index is 12.6. The first kappa shape index (κ1) is 35.1. The maximum Gasteiger partial charge on any atom is 0.514 e. The van der Waals surface area contributed by atoms with Gasteiger partial charge in [0.15, 0.2) is 4.29 Å². The third kappa shape index (κ3) is 8.46. The van der Waals surface area contributed by atoms with E-state index >= 15 is 0 Å². The zero-order valence-electron chi connectivity index (χ0n) is 22.3. The second-order valence-electron chi connectivity index (χ2n) is 10.1. The Labute approximate surface area is 280 Å². The van der Waals surface area contributed by atoms with Crippen molar-refractivity contribution in [1.82, 2.24) is 0 Å². The minimum absolute atomic E-state index is 0.312. The molecule has 0 unspecified atom stereocenters. The van der Waals surface area contributed by atoms with Gasteiger partial charge >= 0.3 is 12.1 Å². The van der Waals surface area contributed by atoms with Gasteiger partial charge in [0.05, 0.1) is 25.0 Å². The van der Waals surface area contributed by atoms with Crippen molar-refractivity contribution < 1.29 is 28.5 Å². The normalized spacial score (nSPS) is 13.0. The van der Waals surface area contributed by atoms with Crippen molar-refractivity contribution >= 4 is 108 Å².